The number of aromatic nitrogens is 2. The Bertz CT molecular complexity index is 1010. The first-order chi connectivity index (χ1) is 13.9. The highest BCUT2D eigenvalue weighted by Crippen LogP contribution is 2.64. The average molecular weight is 463 g/mol. The summed E-state index contributed by atoms with van der Waals surface area (Å²) in [7, 11) is -3.71. The van der Waals surface area contributed by atoms with Crippen LogP contribution < -0.4 is 4.90 Å². The third-order valence-corrected chi connectivity index (χ3v) is 9.89. The van der Waals surface area contributed by atoms with Gasteiger partial charge in [-0.05, 0) is 31.1 Å². The number of anilines is 1. The van der Waals surface area contributed by atoms with Gasteiger partial charge in [-0.1, -0.05) is 25.4 Å². The number of ketones is 1. The number of hydrogen-bond donors (Lipinski definition) is 0. The topological polar surface area (TPSA) is 83.5 Å². The predicted molar refractivity (Wildman–Crippen MR) is 108 cm³/mol. The van der Waals surface area contributed by atoms with Gasteiger partial charge in [0.1, 0.15) is 10.8 Å². The van der Waals surface area contributed by atoms with E-state index in [4.69, 9.17) is 11.6 Å². The molecule has 0 spiro atoms. The number of Topliss-reactive ketones (excluding diaryl/α,β-unsaturated/α-hetero) is 1. The van der Waals surface area contributed by atoms with Gasteiger partial charge in [-0.2, -0.15) is 23.1 Å². The summed E-state index contributed by atoms with van der Waals surface area (Å²) in [5.74, 6) is -1.14. The van der Waals surface area contributed by atoms with Crippen LogP contribution in [-0.4, -0.2) is 59.9 Å². The van der Waals surface area contributed by atoms with Gasteiger partial charge in [-0.3, -0.25) is 4.79 Å². The second-order valence-electron chi connectivity index (χ2n) is 9.24. The van der Waals surface area contributed by atoms with E-state index in [-0.39, 0.29) is 48.3 Å². The number of halogens is 3. The Balaban J connectivity index is 1.54. The summed E-state index contributed by atoms with van der Waals surface area (Å²) in [4.78, 5) is 20.9. The molecular formula is C19H25ClF2N4O3S. The summed E-state index contributed by atoms with van der Waals surface area (Å²) < 4.78 is 55.2. The second kappa shape index (κ2) is 7.06. The summed E-state index contributed by atoms with van der Waals surface area (Å²) in [6.07, 6.45) is 0.705. The highest BCUT2D eigenvalue weighted by molar-refractivity contribution is 7.89. The van der Waals surface area contributed by atoms with Crippen LogP contribution in [0.2, 0.25) is 5.02 Å². The average Bonchev–Trinajstić information content (AvgIpc) is 2.98. The third kappa shape index (κ3) is 3.14. The Morgan fingerprint density at radius 2 is 1.93 bits per heavy atom. The number of nitrogens with zero attached hydrogens (tertiary/aromatic N) is 4. The SMILES string of the molecule is C[C@@H]1CN(S(=O)(=O)C[C@]23CC[C@@H](CC2=O)C3(C)C)CCN1c1nc(F)nc(F)c1Cl. The van der Waals surface area contributed by atoms with Crippen LogP contribution in [0.5, 0.6) is 0 Å². The maximum absolute atomic E-state index is 13.7. The molecule has 30 heavy (non-hydrogen) atoms. The molecule has 3 fully saturated rings. The predicted octanol–water partition coefficient (Wildman–Crippen LogP) is 2.64. The molecule has 0 N–H and O–H groups in total. The molecule has 7 nitrogen and oxygen atoms in total. The minimum atomic E-state index is -3.71. The van der Waals surface area contributed by atoms with Crippen molar-refractivity contribution in [3.8, 4) is 0 Å². The number of hydrogen-bond acceptors (Lipinski definition) is 6. The van der Waals surface area contributed by atoms with Crippen LogP contribution in [0.1, 0.15) is 40.0 Å². The Hall–Kier alpha value is -1.39. The monoisotopic (exact) mass is 462 g/mol. The van der Waals surface area contributed by atoms with Gasteiger partial charge in [0.25, 0.3) is 0 Å². The molecule has 1 aliphatic heterocycles. The van der Waals surface area contributed by atoms with E-state index in [1.54, 1.807) is 11.8 Å². The lowest BCUT2D eigenvalue weighted by atomic mass is 9.70. The quantitative estimate of drug-likeness (QED) is 0.505. The second-order valence-corrected chi connectivity index (χ2v) is 11.6. The van der Waals surface area contributed by atoms with Gasteiger partial charge in [0.15, 0.2) is 5.82 Å². The van der Waals surface area contributed by atoms with Crippen molar-refractivity contribution in [2.45, 2.75) is 46.1 Å². The fourth-order valence-corrected chi connectivity index (χ4v) is 8.05. The van der Waals surface area contributed by atoms with Gasteiger partial charge in [0, 0.05) is 37.5 Å². The van der Waals surface area contributed by atoms with Crippen molar-refractivity contribution in [1.82, 2.24) is 14.3 Å². The molecule has 4 rings (SSSR count). The molecule has 2 bridgehead atoms. The Labute approximate surface area is 179 Å². The van der Waals surface area contributed by atoms with Gasteiger partial charge >= 0.3 is 6.08 Å². The summed E-state index contributed by atoms with van der Waals surface area (Å²) in [5.41, 5.74) is -1.17. The van der Waals surface area contributed by atoms with Gasteiger partial charge in [0.2, 0.25) is 16.0 Å². The van der Waals surface area contributed by atoms with Crippen molar-refractivity contribution in [3.63, 3.8) is 0 Å². The molecule has 3 atom stereocenters. The molecule has 0 unspecified atom stereocenters. The lowest BCUT2D eigenvalue weighted by molar-refractivity contribution is -0.128. The molecule has 2 saturated carbocycles. The van der Waals surface area contributed by atoms with Gasteiger partial charge in [-0.15, -0.1) is 0 Å². The van der Waals surface area contributed by atoms with Crippen molar-refractivity contribution in [1.29, 1.82) is 0 Å². The van der Waals surface area contributed by atoms with Gasteiger partial charge < -0.3 is 4.90 Å². The third-order valence-electron chi connectivity index (χ3n) is 7.59. The number of rotatable bonds is 4. The first-order valence-corrected chi connectivity index (χ1v) is 12.0. The molecular weight excluding hydrogens is 438 g/mol. The minimum absolute atomic E-state index is 0.0535. The van der Waals surface area contributed by atoms with Crippen LogP contribution in [0, 0.1) is 28.8 Å². The smallest absolute Gasteiger partial charge is 0.313 e. The molecule has 0 radical (unpaired) electrons. The van der Waals surface area contributed by atoms with Crippen molar-refractivity contribution in [3.05, 3.63) is 17.0 Å². The fourth-order valence-electron chi connectivity index (χ4n) is 5.58. The molecule has 1 aromatic heterocycles. The zero-order valence-corrected chi connectivity index (χ0v) is 18.7. The molecule has 0 amide bonds. The highest BCUT2D eigenvalue weighted by atomic mass is 35.5. The molecule has 2 aliphatic carbocycles. The summed E-state index contributed by atoms with van der Waals surface area (Å²) in [5, 5.41) is -0.395. The Morgan fingerprint density at radius 3 is 2.50 bits per heavy atom. The van der Waals surface area contributed by atoms with E-state index in [1.165, 1.54) is 4.31 Å². The first kappa shape index (κ1) is 21.8. The lowest BCUT2D eigenvalue weighted by Gasteiger charge is -2.42. The lowest BCUT2D eigenvalue weighted by Crippen LogP contribution is -2.56. The van der Waals surface area contributed by atoms with E-state index in [0.717, 1.165) is 6.42 Å². The maximum atomic E-state index is 13.7. The fraction of sp³-hybridized carbons (Fsp3) is 0.737. The van der Waals surface area contributed by atoms with Crippen LogP contribution in [-0.2, 0) is 14.8 Å². The van der Waals surface area contributed by atoms with Gasteiger partial charge in [0.05, 0.1) is 5.75 Å². The number of carbonyl (C=O) groups is 1. The maximum Gasteiger partial charge on any atom is 0.313 e. The highest BCUT2D eigenvalue weighted by Gasteiger charge is 2.65. The number of carbonyl (C=O) groups excluding carboxylic acids is 1. The Morgan fingerprint density at radius 1 is 1.23 bits per heavy atom. The van der Waals surface area contributed by atoms with Crippen molar-refractivity contribution < 1.29 is 22.0 Å². The van der Waals surface area contributed by atoms with Crippen molar-refractivity contribution in [2.24, 2.45) is 16.7 Å². The van der Waals surface area contributed by atoms with E-state index in [9.17, 15) is 22.0 Å². The molecule has 166 valence electrons. The van der Waals surface area contributed by atoms with E-state index >= 15 is 0 Å². The number of piperazine rings is 1. The molecule has 0 aromatic carbocycles. The standard InChI is InChI=1S/C19H25ClF2N4O3S/c1-11-9-25(6-7-26(11)16-14(20)15(21)23-17(22)24-16)30(28,29)10-19-5-4-12(8-13(19)27)18(19,2)3/h11-12H,4-10H2,1-3H3/t11-,12+,19-/m1/s1. The number of sulfonamides is 1. The van der Waals surface area contributed by atoms with E-state index in [1.807, 2.05) is 13.8 Å². The molecule has 1 saturated heterocycles. The molecule has 11 heteroatoms. The van der Waals surface area contributed by atoms with E-state index < -0.39 is 38.5 Å². The van der Waals surface area contributed by atoms with Crippen LogP contribution in [0.25, 0.3) is 0 Å². The summed E-state index contributed by atoms with van der Waals surface area (Å²) >= 11 is 5.91. The number of fused-ring (bicyclic) bond motifs is 2. The van der Waals surface area contributed by atoms with Gasteiger partial charge in [-0.25, -0.2) is 8.42 Å². The normalized spacial score (nSPS) is 31.5. The largest absolute Gasteiger partial charge is 0.350 e. The van der Waals surface area contributed by atoms with Crippen molar-refractivity contribution >= 4 is 33.2 Å². The summed E-state index contributed by atoms with van der Waals surface area (Å²) in [6.45, 7) is 6.15. The van der Waals surface area contributed by atoms with Crippen LogP contribution >= 0.6 is 11.6 Å². The van der Waals surface area contributed by atoms with Crippen LogP contribution in [0.3, 0.4) is 0 Å². The van der Waals surface area contributed by atoms with E-state index in [0.29, 0.717) is 12.8 Å². The molecule has 2 heterocycles. The van der Waals surface area contributed by atoms with Crippen molar-refractivity contribution in [2.75, 3.05) is 30.3 Å². The summed E-state index contributed by atoms with van der Waals surface area (Å²) in [6, 6.07) is -0.416. The zero-order chi connectivity index (χ0) is 22.1. The van der Waals surface area contributed by atoms with Crippen LogP contribution in [0.15, 0.2) is 0 Å². The van der Waals surface area contributed by atoms with E-state index in [2.05, 4.69) is 9.97 Å². The molecule has 1 aromatic rings. The first-order valence-electron chi connectivity index (χ1n) is 10.1. The Kier molecular flexibility index (Phi) is 5.14. The van der Waals surface area contributed by atoms with Crippen LogP contribution in [0.4, 0.5) is 14.6 Å². The zero-order valence-electron chi connectivity index (χ0n) is 17.2. The minimum Gasteiger partial charge on any atom is -0.350 e. The molecule has 3 aliphatic rings.